The standard InChI is InChI=1S/C12H16BrN3O2.HI/c1-2-3-15-12(14)16-6-8-4-9(13)11-10(5-8)17-7-18-11;/h4-5H,2-3,6-7H2,1H3,(H3,14,15,16);1H. The molecule has 106 valence electrons. The van der Waals surface area contributed by atoms with Gasteiger partial charge < -0.3 is 20.5 Å². The van der Waals surface area contributed by atoms with E-state index in [2.05, 4.69) is 33.2 Å². The van der Waals surface area contributed by atoms with Crippen molar-refractivity contribution < 1.29 is 9.47 Å². The number of benzene rings is 1. The zero-order valence-electron chi connectivity index (χ0n) is 10.6. The zero-order valence-corrected chi connectivity index (χ0v) is 14.5. The number of guanidine groups is 1. The highest BCUT2D eigenvalue weighted by molar-refractivity contribution is 14.0. The number of nitrogens with one attached hydrogen (secondary N) is 1. The van der Waals surface area contributed by atoms with Gasteiger partial charge in [0.1, 0.15) is 0 Å². The van der Waals surface area contributed by atoms with Gasteiger partial charge >= 0.3 is 0 Å². The summed E-state index contributed by atoms with van der Waals surface area (Å²) < 4.78 is 11.5. The third kappa shape index (κ3) is 4.41. The second-order valence-electron chi connectivity index (χ2n) is 3.94. The Kier molecular flexibility index (Phi) is 6.70. The van der Waals surface area contributed by atoms with Crippen molar-refractivity contribution in [3.8, 4) is 11.5 Å². The first-order chi connectivity index (χ1) is 8.70. The van der Waals surface area contributed by atoms with Crippen LogP contribution in [0.3, 0.4) is 0 Å². The molecule has 3 N–H and O–H groups in total. The van der Waals surface area contributed by atoms with E-state index < -0.39 is 0 Å². The fraction of sp³-hybridized carbons (Fsp3) is 0.417. The molecule has 0 bridgehead atoms. The molecule has 0 spiro atoms. The normalized spacial score (nSPS) is 13.1. The summed E-state index contributed by atoms with van der Waals surface area (Å²) in [5, 5.41) is 3.03. The molecule has 0 radical (unpaired) electrons. The minimum Gasteiger partial charge on any atom is -0.454 e. The predicted molar refractivity (Wildman–Crippen MR) is 89.3 cm³/mol. The van der Waals surface area contributed by atoms with Gasteiger partial charge in [-0.25, -0.2) is 4.99 Å². The molecule has 1 aromatic rings. The largest absolute Gasteiger partial charge is 0.454 e. The van der Waals surface area contributed by atoms with Crippen LogP contribution < -0.4 is 20.5 Å². The van der Waals surface area contributed by atoms with Crippen LogP contribution >= 0.6 is 39.9 Å². The van der Waals surface area contributed by atoms with Crippen molar-refractivity contribution in [2.75, 3.05) is 13.3 Å². The van der Waals surface area contributed by atoms with Crippen LogP contribution in [0.5, 0.6) is 11.5 Å². The molecule has 0 atom stereocenters. The van der Waals surface area contributed by atoms with Crippen molar-refractivity contribution in [2.24, 2.45) is 10.7 Å². The van der Waals surface area contributed by atoms with Crippen molar-refractivity contribution >= 4 is 45.9 Å². The maximum Gasteiger partial charge on any atom is 0.231 e. The van der Waals surface area contributed by atoms with Crippen LogP contribution in [0.15, 0.2) is 21.6 Å². The van der Waals surface area contributed by atoms with E-state index in [9.17, 15) is 0 Å². The summed E-state index contributed by atoms with van der Waals surface area (Å²) >= 11 is 3.45. The summed E-state index contributed by atoms with van der Waals surface area (Å²) in [5.41, 5.74) is 6.75. The van der Waals surface area contributed by atoms with Gasteiger partial charge in [-0.2, -0.15) is 0 Å². The van der Waals surface area contributed by atoms with E-state index in [0.29, 0.717) is 12.5 Å². The number of rotatable bonds is 4. The van der Waals surface area contributed by atoms with Gasteiger partial charge in [0.15, 0.2) is 17.5 Å². The second kappa shape index (κ2) is 7.78. The first kappa shape index (κ1) is 16.4. The number of nitrogens with zero attached hydrogens (tertiary/aromatic N) is 1. The molecule has 7 heteroatoms. The first-order valence-corrected chi connectivity index (χ1v) is 6.62. The topological polar surface area (TPSA) is 68.9 Å². The van der Waals surface area contributed by atoms with Crippen LogP contribution in [-0.4, -0.2) is 19.3 Å². The van der Waals surface area contributed by atoms with Crippen LogP contribution in [-0.2, 0) is 6.54 Å². The minimum atomic E-state index is 0. The average Bonchev–Trinajstić information content (AvgIpc) is 2.82. The zero-order chi connectivity index (χ0) is 13.0. The Balaban J connectivity index is 0.00000180. The van der Waals surface area contributed by atoms with Crippen LogP contribution in [0.1, 0.15) is 18.9 Å². The van der Waals surface area contributed by atoms with Crippen LogP contribution in [0.4, 0.5) is 0 Å². The van der Waals surface area contributed by atoms with Gasteiger partial charge in [0.25, 0.3) is 0 Å². The van der Waals surface area contributed by atoms with Crippen molar-refractivity contribution in [3.05, 3.63) is 22.2 Å². The molecule has 5 nitrogen and oxygen atoms in total. The van der Waals surface area contributed by atoms with Gasteiger partial charge in [-0.05, 0) is 40.0 Å². The maximum absolute atomic E-state index is 5.73. The Morgan fingerprint density at radius 3 is 3.00 bits per heavy atom. The Morgan fingerprint density at radius 1 is 1.47 bits per heavy atom. The van der Waals surface area contributed by atoms with Gasteiger partial charge in [0.2, 0.25) is 6.79 Å². The molecule has 0 saturated heterocycles. The van der Waals surface area contributed by atoms with Crippen molar-refractivity contribution in [1.82, 2.24) is 5.32 Å². The molecular weight excluding hydrogens is 425 g/mol. The van der Waals surface area contributed by atoms with E-state index in [1.54, 1.807) is 0 Å². The summed E-state index contributed by atoms with van der Waals surface area (Å²) in [6.07, 6.45) is 1.02. The summed E-state index contributed by atoms with van der Waals surface area (Å²) in [5.74, 6) is 1.96. The van der Waals surface area contributed by atoms with Crippen LogP contribution in [0.25, 0.3) is 0 Å². The molecule has 0 amide bonds. The molecule has 1 aliphatic heterocycles. The van der Waals surface area contributed by atoms with Crippen molar-refractivity contribution in [1.29, 1.82) is 0 Å². The first-order valence-electron chi connectivity index (χ1n) is 5.82. The molecule has 1 heterocycles. The Bertz CT molecular complexity index is 469. The molecule has 19 heavy (non-hydrogen) atoms. The lowest BCUT2D eigenvalue weighted by molar-refractivity contribution is 0.173. The molecule has 0 aliphatic carbocycles. The lowest BCUT2D eigenvalue weighted by Crippen LogP contribution is -2.32. The Labute approximate surface area is 138 Å². The highest BCUT2D eigenvalue weighted by Gasteiger charge is 2.17. The number of aliphatic imine (C=N–C) groups is 1. The third-order valence-electron chi connectivity index (χ3n) is 2.48. The molecular formula is C12H17BrIN3O2. The molecule has 0 aromatic heterocycles. The van der Waals surface area contributed by atoms with Crippen molar-refractivity contribution in [3.63, 3.8) is 0 Å². The van der Waals surface area contributed by atoms with Gasteiger partial charge in [0, 0.05) is 6.54 Å². The number of hydrogen-bond donors (Lipinski definition) is 2. The summed E-state index contributed by atoms with van der Waals surface area (Å²) in [6.45, 7) is 3.69. The van der Waals surface area contributed by atoms with Gasteiger partial charge in [-0.1, -0.05) is 6.92 Å². The number of hydrogen-bond acceptors (Lipinski definition) is 3. The smallest absolute Gasteiger partial charge is 0.231 e. The average molecular weight is 442 g/mol. The van der Waals surface area contributed by atoms with Gasteiger partial charge in [-0.15, -0.1) is 24.0 Å². The van der Waals surface area contributed by atoms with E-state index in [0.717, 1.165) is 34.5 Å². The fourth-order valence-corrected chi connectivity index (χ4v) is 2.20. The summed E-state index contributed by atoms with van der Waals surface area (Å²) in [6, 6.07) is 3.88. The highest BCUT2D eigenvalue weighted by Crippen LogP contribution is 2.40. The Hall–Kier alpha value is -0.700. The second-order valence-corrected chi connectivity index (χ2v) is 4.79. The molecule has 1 aliphatic rings. The lowest BCUT2D eigenvalue weighted by atomic mass is 10.2. The maximum atomic E-state index is 5.73. The predicted octanol–water partition coefficient (Wildman–Crippen LogP) is 2.61. The van der Waals surface area contributed by atoms with Gasteiger partial charge in [-0.3, -0.25) is 0 Å². The molecule has 0 saturated carbocycles. The van der Waals surface area contributed by atoms with Gasteiger partial charge in [0.05, 0.1) is 11.0 Å². The molecule has 1 aromatic carbocycles. The SMILES string of the molecule is CCCNC(N)=NCc1cc(Br)c2c(c1)OCO2.I. The van der Waals surface area contributed by atoms with E-state index in [4.69, 9.17) is 15.2 Å². The van der Waals surface area contributed by atoms with E-state index in [-0.39, 0.29) is 30.8 Å². The number of ether oxygens (including phenoxy) is 2. The van der Waals surface area contributed by atoms with Crippen LogP contribution in [0, 0.1) is 0 Å². The minimum absolute atomic E-state index is 0. The fourth-order valence-electron chi connectivity index (χ4n) is 1.60. The van der Waals surface area contributed by atoms with Crippen molar-refractivity contribution in [2.45, 2.75) is 19.9 Å². The summed E-state index contributed by atoms with van der Waals surface area (Å²) in [4.78, 5) is 4.26. The lowest BCUT2D eigenvalue weighted by Gasteiger charge is -2.05. The highest BCUT2D eigenvalue weighted by atomic mass is 127. The van der Waals surface area contributed by atoms with E-state index >= 15 is 0 Å². The molecule has 0 fully saturated rings. The molecule has 2 rings (SSSR count). The van der Waals surface area contributed by atoms with E-state index in [1.165, 1.54) is 0 Å². The quantitative estimate of drug-likeness (QED) is 0.428. The Morgan fingerprint density at radius 2 is 2.26 bits per heavy atom. The van der Waals surface area contributed by atoms with Crippen LogP contribution in [0.2, 0.25) is 0 Å². The van der Waals surface area contributed by atoms with E-state index in [1.807, 2.05) is 12.1 Å². The third-order valence-corrected chi connectivity index (χ3v) is 3.06. The number of fused-ring (bicyclic) bond motifs is 1. The molecule has 0 unspecified atom stereocenters. The monoisotopic (exact) mass is 441 g/mol. The number of nitrogens with two attached hydrogens (primary N) is 1. The number of halogens is 2. The summed E-state index contributed by atoms with van der Waals surface area (Å²) in [7, 11) is 0.